The second-order valence-electron chi connectivity index (χ2n) is 11.9. The second-order valence-corrected chi connectivity index (χ2v) is 13.7. The van der Waals surface area contributed by atoms with Gasteiger partial charge in [0, 0.05) is 33.1 Å². The van der Waals surface area contributed by atoms with E-state index in [1.807, 2.05) is 54.6 Å². The van der Waals surface area contributed by atoms with Crippen molar-refractivity contribution in [2.45, 2.75) is 0 Å². The highest BCUT2D eigenvalue weighted by atomic mass is 31.1. The van der Waals surface area contributed by atoms with Gasteiger partial charge in [-0.05, 0) is 60.7 Å². The Morgan fingerprint density at radius 1 is 0.380 bits per heavy atom. The van der Waals surface area contributed by atoms with Crippen LogP contribution in [0.3, 0.4) is 0 Å². The predicted octanol–water partition coefficient (Wildman–Crippen LogP) is 10.1. The van der Waals surface area contributed by atoms with Crippen LogP contribution in [0.1, 0.15) is 0 Å². The summed E-state index contributed by atoms with van der Waals surface area (Å²) >= 11 is 0. The number of hydrogen-bond acceptors (Lipinski definition) is 3. The SMILES string of the molecule is c1ccc(OP(c2ccccc2-c2nc3ccccc3n2-c2ccccc2)c2ccccc2-c2nc3ccccc3n2-c2ccccc2)cc1. The summed E-state index contributed by atoms with van der Waals surface area (Å²) in [5.41, 5.74) is 8.11. The van der Waals surface area contributed by atoms with E-state index in [0.29, 0.717) is 0 Å². The van der Waals surface area contributed by atoms with Crippen LogP contribution in [0.2, 0.25) is 0 Å². The predicted molar refractivity (Wildman–Crippen MR) is 206 cm³/mol. The Bertz CT molecular complexity index is 2420. The first-order valence-electron chi connectivity index (χ1n) is 16.6. The Labute approximate surface area is 291 Å². The Kier molecular flexibility index (Phi) is 7.73. The summed E-state index contributed by atoms with van der Waals surface area (Å²) in [6, 6.07) is 64.7. The molecule has 2 aromatic heterocycles. The summed E-state index contributed by atoms with van der Waals surface area (Å²) in [5.74, 6) is 2.54. The maximum Gasteiger partial charge on any atom is 0.152 e. The van der Waals surface area contributed by atoms with Crippen molar-refractivity contribution < 1.29 is 4.52 Å². The minimum atomic E-state index is -1.44. The zero-order valence-electron chi connectivity index (χ0n) is 27.0. The molecule has 0 amide bonds. The van der Waals surface area contributed by atoms with Gasteiger partial charge in [0.15, 0.2) is 8.15 Å². The molecule has 0 aliphatic carbocycles. The molecule has 0 saturated heterocycles. The lowest BCUT2D eigenvalue weighted by Crippen LogP contribution is -2.21. The van der Waals surface area contributed by atoms with Gasteiger partial charge in [-0.25, -0.2) is 9.97 Å². The van der Waals surface area contributed by atoms with Crippen molar-refractivity contribution in [3.8, 4) is 39.9 Å². The first kappa shape index (κ1) is 29.8. The maximum absolute atomic E-state index is 7.14. The van der Waals surface area contributed by atoms with Gasteiger partial charge in [0.05, 0.1) is 22.1 Å². The van der Waals surface area contributed by atoms with Crippen LogP contribution < -0.4 is 15.1 Å². The molecular weight excluding hydrogens is 631 g/mol. The van der Waals surface area contributed by atoms with Crippen LogP contribution in [0.25, 0.3) is 56.2 Å². The fraction of sp³-hybridized carbons (Fsp3) is 0. The molecule has 0 aliphatic heterocycles. The van der Waals surface area contributed by atoms with Gasteiger partial charge in [-0.3, -0.25) is 9.13 Å². The van der Waals surface area contributed by atoms with Crippen LogP contribution in [0, 0.1) is 0 Å². The Balaban J connectivity index is 1.30. The third-order valence-corrected chi connectivity index (χ3v) is 10.9. The van der Waals surface area contributed by atoms with Gasteiger partial charge in [0.2, 0.25) is 0 Å². The monoisotopic (exact) mass is 662 g/mol. The van der Waals surface area contributed by atoms with Crippen LogP contribution in [-0.2, 0) is 0 Å². The molecule has 0 bridgehead atoms. The van der Waals surface area contributed by atoms with Gasteiger partial charge >= 0.3 is 0 Å². The molecule has 7 aromatic carbocycles. The van der Waals surface area contributed by atoms with E-state index in [2.05, 4.69) is 143 Å². The smallest absolute Gasteiger partial charge is 0.152 e. The molecule has 0 atom stereocenters. The molecule has 0 unspecified atom stereocenters. The van der Waals surface area contributed by atoms with Crippen LogP contribution in [0.5, 0.6) is 5.75 Å². The fourth-order valence-electron chi connectivity index (χ4n) is 6.58. The summed E-state index contributed by atoms with van der Waals surface area (Å²) < 4.78 is 11.7. The van der Waals surface area contributed by atoms with Crippen molar-refractivity contribution in [1.82, 2.24) is 19.1 Å². The highest BCUT2D eigenvalue weighted by molar-refractivity contribution is 7.69. The molecule has 0 N–H and O–H groups in total. The number of rotatable bonds is 8. The average molecular weight is 663 g/mol. The average Bonchev–Trinajstić information content (AvgIpc) is 3.78. The molecule has 9 rings (SSSR count). The van der Waals surface area contributed by atoms with Crippen LogP contribution in [0.4, 0.5) is 0 Å². The summed E-state index contributed by atoms with van der Waals surface area (Å²) in [6.07, 6.45) is 0. The van der Waals surface area contributed by atoms with Crippen molar-refractivity contribution in [2.75, 3.05) is 0 Å². The molecular formula is C44H31N4OP. The van der Waals surface area contributed by atoms with E-state index in [9.17, 15) is 0 Å². The van der Waals surface area contributed by atoms with Crippen LogP contribution in [-0.4, -0.2) is 19.1 Å². The molecule has 0 spiro atoms. The molecule has 0 saturated carbocycles. The number of aromatic nitrogens is 4. The first-order chi connectivity index (χ1) is 24.8. The molecule has 50 heavy (non-hydrogen) atoms. The molecule has 0 fully saturated rings. The number of benzene rings is 7. The van der Waals surface area contributed by atoms with E-state index in [1.165, 1.54) is 0 Å². The van der Waals surface area contributed by atoms with E-state index >= 15 is 0 Å². The zero-order valence-corrected chi connectivity index (χ0v) is 27.9. The van der Waals surface area contributed by atoms with Crippen molar-refractivity contribution in [3.63, 3.8) is 0 Å². The highest BCUT2D eigenvalue weighted by Gasteiger charge is 2.28. The van der Waals surface area contributed by atoms with Gasteiger partial charge in [-0.15, -0.1) is 0 Å². The van der Waals surface area contributed by atoms with E-state index in [4.69, 9.17) is 14.5 Å². The summed E-state index contributed by atoms with van der Waals surface area (Å²) in [7, 11) is -1.44. The molecule has 0 aliphatic rings. The van der Waals surface area contributed by atoms with Gasteiger partial charge in [0.1, 0.15) is 17.4 Å². The second kappa shape index (κ2) is 13.0. The summed E-state index contributed by atoms with van der Waals surface area (Å²) in [6.45, 7) is 0. The fourth-order valence-corrected chi connectivity index (χ4v) is 8.60. The molecule has 2 heterocycles. The minimum absolute atomic E-state index is 0.802. The van der Waals surface area contributed by atoms with E-state index in [-0.39, 0.29) is 0 Å². The molecule has 6 heteroatoms. The lowest BCUT2D eigenvalue weighted by molar-refractivity contribution is 0.630. The van der Waals surface area contributed by atoms with Gasteiger partial charge < -0.3 is 4.52 Å². The summed E-state index contributed by atoms with van der Waals surface area (Å²) in [4.78, 5) is 10.5. The number of hydrogen-bond donors (Lipinski definition) is 0. The van der Waals surface area contributed by atoms with E-state index in [1.54, 1.807) is 0 Å². The van der Waals surface area contributed by atoms with Gasteiger partial charge in [-0.2, -0.15) is 0 Å². The Morgan fingerprint density at radius 2 is 0.760 bits per heavy atom. The third kappa shape index (κ3) is 5.35. The highest BCUT2D eigenvalue weighted by Crippen LogP contribution is 2.43. The van der Waals surface area contributed by atoms with Crippen molar-refractivity contribution in [1.29, 1.82) is 0 Å². The third-order valence-electron chi connectivity index (χ3n) is 8.82. The standard InChI is InChI=1S/C44H31N4OP/c1-4-18-32(19-5-1)47-39-28-14-12-26-37(39)45-43(47)35-24-10-16-30-41(35)50(49-34-22-8-3-9-23-34)42-31-17-11-25-36(42)44-46-38-27-13-15-29-40(38)48(44)33-20-6-2-7-21-33/h1-31H. The van der Waals surface area contributed by atoms with Crippen molar-refractivity contribution in [2.24, 2.45) is 0 Å². The Morgan fingerprint density at radius 3 is 1.24 bits per heavy atom. The minimum Gasteiger partial charge on any atom is -0.464 e. The quantitative estimate of drug-likeness (QED) is 0.152. The Hall–Kier alpha value is -6.29. The molecule has 238 valence electrons. The number of fused-ring (bicyclic) bond motifs is 2. The summed E-state index contributed by atoms with van der Waals surface area (Å²) in [5, 5.41) is 2.13. The number of imidazole rings is 2. The molecule has 9 aromatic rings. The number of nitrogens with zero attached hydrogens (tertiary/aromatic N) is 4. The normalized spacial score (nSPS) is 11.4. The lowest BCUT2D eigenvalue weighted by Gasteiger charge is -2.24. The number of para-hydroxylation sites is 7. The van der Waals surface area contributed by atoms with Crippen LogP contribution >= 0.6 is 8.15 Å². The topological polar surface area (TPSA) is 44.9 Å². The first-order valence-corrected chi connectivity index (χ1v) is 17.9. The molecule has 0 radical (unpaired) electrons. The van der Waals surface area contributed by atoms with Crippen LogP contribution in [0.15, 0.2) is 188 Å². The van der Waals surface area contributed by atoms with E-state index in [0.717, 1.165) is 72.6 Å². The lowest BCUT2D eigenvalue weighted by atomic mass is 10.2. The van der Waals surface area contributed by atoms with Crippen molar-refractivity contribution >= 4 is 40.8 Å². The molecule has 5 nitrogen and oxygen atoms in total. The zero-order chi connectivity index (χ0) is 33.3. The maximum atomic E-state index is 7.14. The largest absolute Gasteiger partial charge is 0.464 e. The van der Waals surface area contributed by atoms with Gasteiger partial charge in [-0.1, -0.05) is 127 Å². The van der Waals surface area contributed by atoms with Gasteiger partial charge in [0.25, 0.3) is 0 Å². The van der Waals surface area contributed by atoms with Crippen molar-refractivity contribution in [3.05, 3.63) is 188 Å². The van der Waals surface area contributed by atoms with E-state index < -0.39 is 8.15 Å².